The molecule has 2 N–H and O–H groups in total. The fraction of sp³-hybridized carbons (Fsp3) is 0.278. The molecule has 1 aliphatic rings. The smallest absolute Gasteiger partial charge is 0.323 e. The van der Waals surface area contributed by atoms with Crippen molar-refractivity contribution in [1.29, 1.82) is 0 Å². The summed E-state index contributed by atoms with van der Waals surface area (Å²) < 4.78 is 32.2. The average molecular weight is 410 g/mol. The van der Waals surface area contributed by atoms with E-state index in [4.69, 9.17) is 16.3 Å². The molecule has 1 heterocycles. The summed E-state index contributed by atoms with van der Waals surface area (Å²) in [4.78, 5) is 12.1. The molecule has 0 saturated carbocycles. The first-order valence-electron chi connectivity index (χ1n) is 8.38. The van der Waals surface area contributed by atoms with Gasteiger partial charge in [-0.2, -0.15) is 4.31 Å². The molecule has 1 fully saturated rings. The Morgan fingerprint density at radius 2 is 1.63 bits per heavy atom. The highest BCUT2D eigenvalue weighted by atomic mass is 35.5. The number of nitrogens with zero attached hydrogens (tertiary/aromatic N) is 1. The molecule has 0 bridgehead atoms. The van der Waals surface area contributed by atoms with Crippen molar-refractivity contribution in [3.05, 3.63) is 53.1 Å². The van der Waals surface area contributed by atoms with Gasteiger partial charge in [-0.3, -0.25) is 0 Å². The van der Waals surface area contributed by atoms with Crippen LogP contribution in [-0.2, 0) is 14.8 Å². The van der Waals surface area contributed by atoms with Crippen LogP contribution in [0.4, 0.5) is 16.2 Å². The number of halogens is 1. The summed E-state index contributed by atoms with van der Waals surface area (Å²) in [5.74, 6) is 0. The number of hydrogen-bond acceptors (Lipinski definition) is 4. The van der Waals surface area contributed by atoms with Crippen LogP contribution in [0.25, 0.3) is 0 Å². The Hall–Kier alpha value is -2.13. The van der Waals surface area contributed by atoms with Gasteiger partial charge in [0.05, 0.1) is 18.2 Å². The number of urea groups is 1. The molecule has 0 unspecified atom stereocenters. The van der Waals surface area contributed by atoms with Crippen molar-refractivity contribution in [3.63, 3.8) is 0 Å². The third-order valence-corrected chi connectivity index (χ3v) is 6.47. The van der Waals surface area contributed by atoms with Crippen molar-refractivity contribution < 1.29 is 17.9 Å². The third-order valence-electron chi connectivity index (χ3n) is 4.09. The maximum Gasteiger partial charge on any atom is 0.323 e. The number of nitrogens with one attached hydrogen (secondary N) is 2. The Kier molecular flexibility index (Phi) is 6.01. The number of rotatable bonds is 4. The van der Waals surface area contributed by atoms with Crippen LogP contribution in [-0.4, -0.2) is 45.1 Å². The molecule has 9 heteroatoms. The van der Waals surface area contributed by atoms with E-state index >= 15 is 0 Å². The minimum atomic E-state index is -3.76. The first-order chi connectivity index (χ1) is 12.9. The number of carbonyl (C=O) groups excluding carboxylic acids is 1. The fourth-order valence-corrected chi connectivity index (χ4v) is 4.54. The number of aryl methyl sites for hydroxylation is 1. The highest BCUT2D eigenvalue weighted by Gasteiger charge is 2.28. The van der Waals surface area contributed by atoms with Crippen LogP contribution in [0, 0.1) is 6.92 Å². The van der Waals surface area contributed by atoms with Crippen LogP contribution >= 0.6 is 11.6 Å². The molecule has 2 amide bonds. The molecule has 27 heavy (non-hydrogen) atoms. The lowest BCUT2D eigenvalue weighted by molar-refractivity contribution is 0.0730. The Labute approximate surface area is 163 Å². The number of ether oxygens (including phenoxy) is 1. The molecule has 3 rings (SSSR count). The number of morpholine rings is 1. The van der Waals surface area contributed by atoms with Crippen molar-refractivity contribution in [2.75, 3.05) is 36.9 Å². The Morgan fingerprint density at radius 3 is 2.30 bits per heavy atom. The van der Waals surface area contributed by atoms with Crippen LogP contribution in [0.2, 0.25) is 5.02 Å². The van der Waals surface area contributed by atoms with E-state index in [1.165, 1.54) is 16.4 Å². The molecule has 2 aromatic rings. The van der Waals surface area contributed by atoms with Crippen LogP contribution < -0.4 is 10.6 Å². The maximum atomic E-state index is 12.8. The maximum absolute atomic E-state index is 12.8. The molecule has 0 aromatic heterocycles. The SMILES string of the molecule is Cc1ccc(NC(=O)Nc2ccc(Cl)c(S(=O)(=O)N3CCOCC3)c2)cc1. The van der Waals surface area contributed by atoms with Crippen molar-refractivity contribution in [3.8, 4) is 0 Å². The first kappa shape index (κ1) is 19.6. The molecular weight excluding hydrogens is 390 g/mol. The van der Waals surface area contributed by atoms with Gasteiger partial charge in [0.25, 0.3) is 0 Å². The van der Waals surface area contributed by atoms with E-state index in [1.807, 2.05) is 19.1 Å². The molecule has 1 aliphatic heterocycles. The van der Waals surface area contributed by atoms with Gasteiger partial charge < -0.3 is 15.4 Å². The largest absolute Gasteiger partial charge is 0.379 e. The second kappa shape index (κ2) is 8.26. The summed E-state index contributed by atoms with van der Waals surface area (Å²) >= 11 is 6.12. The summed E-state index contributed by atoms with van der Waals surface area (Å²) in [6, 6.07) is 11.2. The topological polar surface area (TPSA) is 87.7 Å². The van der Waals surface area contributed by atoms with Gasteiger partial charge >= 0.3 is 6.03 Å². The summed E-state index contributed by atoms with van der Waals surface area (Å²) in [7, 11) is -3.76. The normalized spacial score (nSPS) is 15.3. The molecule has 7 nitrogen and oxygen atoms in total. The van der Waals surface area contributed by atoms with Crippen molar-refractivity contribution in [2.24, 2.45) is 0 Å². The van der Waals surface area contributed by atoms with E-state index in [-0.39, 0.29) is 23.0 Å². The van der Waals surface area contributed by atoms with Gasteiger partial charge in [-0.15, -0.1) is 0 Å². The van der Waals surface area contributed by atoms with Crippen molar-refractivity contribution in [1.82, 2.24) is 4.31 Å². The average Bonchev–Trinajstić information content (AvgIpc) is 2.66. The first-order valence-corrected chi connectivity index (χ1v) is 10.2. The highest BCUT2D eigenvalue weighted by molar-refractivity contribution is 7.89. The summed E-state index contributed by atoms with van der Waals surface area (Å²) in [6.45, 7) is 3.17. The zero-order valence-electron chi connectivity index (χ0n) is 14.7. The fourth-order valence-electron chi connectivity index (χ4n) is 2.64. The van der Waals surface area contributed by atoms with Gasteiger partial charge in [-0.05, 0) is 37.3 Å². The van der Waals surface area contributed by atoms with E-state index in [0.29, 0.717) is 24.6 Å². The third kappa shape index (κ3) is 4.78. The van der Waals surface area contributed by atoms with E-state index in [0.717, 1.165) is 5.56 Å². The number of amides is 2. The van der Waals surface area contributed by atoms with Crippen LogP contribution in [0.1, 0.15) is 5.56 Å². The monoisotopic (exact) mass is 409 g/mol. The van der Waals surface area contributed by atoms with Gasteiger partial charge in [0.15, 0.2) is 0 Å². The van der Waals surface area contributed by atoms with E-state index < -0.39 is 16.1 Å². The van der Waals surface area contributed by atoms with E-state index in [1.54, 1.807) is 18.2 Å². The Bertz CT molecular complexity index is 926. The molecule has 1 saturated heterocycles. The van der Waals surface area contributed by atoms with Crippen LogP contribution in [0.3, 0.4) is 0 Å². The summed E-state index contributed by atoms with van der Waals surface area (Å²) in [5, 5.41) is 5.43. The zero-order chi connectivity index (χ0) is 19.4. The minimum Gasteiger partial charge on any atom is -0.379 e. The zero-order valence-corrected chi connectivity index (χ0v) is 16.3. The Morgan fingerprint density at radius 1 is 1.04 bits per heavy atom. The van der Waals surface area contributed by atoms with Crippen LogP contribution in [0.15, 0.2) is 47.4 Å². The minimum absolute atomic E-state index is 0.0424. The summed E-state index contributed by atoms with van der Waals surface area (Å²) in [5.41, 5.74) is 2.04. The van der Waals surface area contributed by atoms with Crippen molar-refractivity contribution in [2.45, 2.75) is 11.8 Å². The van der Waals surface area contributed by atoms with Gasteiger partial charge in [0.2, 0.25) is 10.0 Å². The molecule has 0 atom stereocenters. The van der Waals surface area contributed by atoms with Gasteiger partial charge in [-0.1, -0.05) is 29.3 Å². The lowest BCUT2D eigenvalue weighted by atomic mass is 10.2. The molecule has 0 aliphatic carbocycles. The van der Waals surface area contributed by atoms with E-state index in [2.05, 4.69) is 10.6 Å². The number of hydrogen-bond donors (Lipinski definition) is 2. The Balaban J connectivity index is 1.76. The predicted octanol–water partition coefficient (Wildman–Crippen LogP) is 3.31. The lowest BCUT2D eigenvalue weighted by Gasteiger charge is -2.26. The molecule has 144 valence electrons. The lowest BCUT2D eigenvalue weighted by Crippen LogP contribution is -2.40. The second-order valence-electron chi connectivity index (χ2n) is 6.11. The van der Waals surface area contributed by atoms with Gasteiger partial charge in [-0.25, -0.2) is 13.2 Å². The van der Waals surface area contributed by atoms with Crippen LogP contribution in [0.5, 0.6) is 0 Å². The summed E-state index contributed by atoms with van der Waals surface area (Å²) in [6.07, 6.45) is 0. The van der Waals surface area contributed by atoms with Gasteiger partial charge in [0.1, 0.15) is 4.90 Å². The number of sulfonamides is 1. The number of benzene rings is 2. The number of carbonyl (C=O) groups is 1. The standard InChI is InChI=1S/C18H20ClN3O4S/c1-13-2-4-14(5-3-13)20-18(23)21-15-6-7-16(19)17(12-15)27(24,25)22-8-10-26-11-9-22/h2-7,12H,8-11H2,1H3,(H2,20,21,23). The van der Waals surface area contributed by atoms with E-state index in [9.17, 15) is 13.2 Å². The van der Waals surface area contributed by atoms with Gasteiger partial charge in [0, 0.05) is 24.5 Å². The predicted molar refractivity (Wildman–Crippen MR) is 105 cm³/mol. The highest BCUT2D eigenvalue weighted by Crippen LogP contribution is 2.28. The molecule has 0 spiro atoms. The number of anilines is 2. The quantitative estimate of drug-likeness (QED) is 0.810. The second-order valence-corrected chi connectivity index (χ2v) is 8.42. The molecule has 0 radical (unpaired) electrons. The molecular formula is C18H20ClN3O4S. The molecule has 2 aromatic carbocycles. The van der Waals surface area contributed by atoms with Crippen molar-refractivity contribution >= 4 is 39.0 Å².